The largest absolute Gasteiger partial charge is 0.396 e. The maximum Gasteiger partial charge on any atom is 0.298 e. The Morgan fingerprint density at radius 2 is 2.00 bits per heavy atom. The molecule has 4 aliphatic rings. The van der Waals surface area contributed by atoms with Crippen LogP contribution in [-0.2, 0) is 17.8 Å². The number of terminal acetylenes is 1. The summed E-state index contributed by atoms with van der Waals surface area (Å²) in [6.07, 6.45) is 11.5. The second-order valence-corrected chi connectivity index (χ2v) is 9.67. The molecule has 3 N–H and O–H groups in total. The van der Waals surface area contributed by atoms with E-state index in [4.69, 9.17) is 17.1 Å². The number of hydrogen-bond acceptors (Lipinski definition) is 6. The number of carbonyl (C=O) groups is 1. The standard InChI is InChI=1S/C25H33N5O2/c1-3-22(32)28-10-8-19-20(14-28)24(18-6-7-18)27-25(23(19)26)29-11-12-30(16(2)9-13-31)21(15-29)17-4-5-17/h1,17-18,21,31H,2,4-15,26H2/t21-/m0/s1. The Balaban J connectivity index is 1.45. The minimum absolute atomic E-state index is 0.139. The molecule has 32 heavy (non-hydrogen) atoms. The second-order valence-electron chi connectivity index (χ2n) is 9.67. The summed E-state index contributed by atoms with van der Waals surface area (Å²) in [7, 11) is 0. The molecule has 0 unspecified atom stereocenters. The molecule has 1 atom stereocenters. The van der Waals surface area contributed by atoms with Gasteiger partial charge in [-0.25, -0.2) is 4.98 Å². The van der Waals surface area contributed by atoms with Crippen LogP contribution in [0.1, 0.15) is 54.8 Å². The summed E-state index contributed by atoms with van der Waals surface area (Å²) < 4.78 is 0. The fourth-order valence-corrected chi connectivity index (χ4v) is 5.42. The lowest BCUT2D eigenvalue weighted by Crippen LogP contribution is -2.54. The molecule has 0 spiro atoms. The molecule has 170 valence electrons. The van der Waals surface area contributed by atoms with Crippen molar-refractivity contribution < 1.29 is 9.90 Å². The number of nitrogens with zero attached hydrogens (tertiary/aromatic N) is 4. The topological polar surface area (TPSA) is 85.9 Å². The summed E-state index contributed by atoms with van der Waals surface area (Å²) in [4.78, 5) is 23.8. The lowest BCUT2D eigenvalue weighted by atomic mass is 9.94. The highest BCUT2D eigenvalue weighted by atomic mass is 16.3. The van der Waals surface area contributed by atoms with Crippen LogP contribution in [0.4, 0.5) is 11.5 Å². The molecule has 3 heterocycles. The van der Waals surface area contributed by atoms with Crippen LogP contribution >= 0.6 is 0 Å². The number of aliphatic hydroxyl groups excluding tert-OH is 1. The monoisotopic (exact) mass is 435 g/mol. The quantitative estimate of drug-likeness (QED) is 0.664. The van der Waals surface area contributed by atoms with Gasteiger partial charge < -0.3 is 25.5 Å². The first kappa shape index (κ1) is 21.1. The molecule has 3 fully saturated rings. The molecule has 0 radical (unpaired) electrons. The van der Waals surface area contributed by atoms with E-state index in [2.05, 4.69) is 22.3 Å². The van der Waals surface area contributed by atoms with E-state index in [1.54, 1.807) is 4.90 Å². The first-order valence-electron chi connectivity index (χ1n) is 11.9. The Morgan fingerprint density at radius 3 is 2.66 bits per heavy atom. The minimum atomic E-state index is -0.258. The van der Waals surface area contributed by atoms with Gasteiger partial charge in [0.25, 0.3) is 5.91 Å². The molecule has 7 heteroatoms. The van der Waals surface area contributed by atoms with Gasteiger partial charge in [-0.15, -0.1) is 6.42 Å². The number of nitrogens with two attached hydrogens (primary N) is 1. The zero-order chi connectivity index (χ0) is 22.4. The Labute approximate surface area is 190 Å². The highest BCUT2D eigenvalue weighted by molar-refractivity contribution is 5.93. The lowest BCUT2D eigenvalue weighted by molar-refractivity contribution is -0.125. The van der Waals surface area contributed by atoms with Crippen molar-refractivity contribution in [3.63, 3.8) is 0 Å². The summed E-state index contributed by atoms with van der Waals surface area (Å²) in [5.74, 6) is 4.06. The van der Waals surface area contributed by atoms with Crippen LogP contribution in [0, 0.1) is 18.3 Å². The smallest absolute Gasteiger partial charge is 0.298 e. The Kier molecular flexibility index (Phi) is 5.50. The fraction of sp³-hybridized carbons (Fsp3) is 0.600. The van der Waals surface area contributed by atoms with Crippen LogP contribution in [0.2, 0.25) is 0 Å². The van der Waals surface area contributed by atoms with Crippen molar-refractivity contribution in [2.24, 2.45) is 5.92 Å². The number of carbonyl (C=O) groups excluding carboxylic acids is 1. The van der Waals surface area contributed by atoms with Crippen LogP contribution in [0.5, 0.6) is 0 Å². The van der Waals surface area contributed by atoms with Gasteiger partial charge in [-0.05, 0) is 55.1 Å². The van der Waals surface area contributed by atoms with E-state index in [-0.39, 0.29) is 12.5 Å². The molecule has 2 aliphatic carbocycles. The van der Waals surface area contributed by atoms with Gasteiger partial charge in [-0.3, -0.25) is 4.79 Å². The van der Waals surface area contributed by atoms with Crippen LogP contribution in [0.3, 0.4) is 0 Å². The van der Waals surface area contributed by atoms with Crippen molar-refractivity contribution in [3.8, 4) is 12.3 Å². The van der Waals surface area contributed by atoms with Crippen molar-refractivity contribution in [2.75, 3.05) is 43.4 Å². The molecule has 1 amide bonds. The van der Waals surface area contributed by atoms with Gasteiger partial charge in [0.1, 0.15) is 0 Å². The first-order valence-corrected chi connectivity index (χ1v) is 11.9. The second kappa shape index (κ2) is 8.32. The molecule has 1 aromatic heterocycles. The summed E-state index contributed by atoms with van der Waals surface area (Å²) in [6, 6.07) is 0.396. The van der Waals surface area contributed by atoms with E-state index >= 15 is 0 Å². The lowest BCUT2D eigenvalue weighted by Gasteiger charge is -2.45. The fourth-order valence-electron chi connectivity index (χ4n) is 5.42. The SMILES string of the molecule is C#CC(=O)N1CCc2c(N)c(N3CCN(C(=C)CCO)[C@H](C4CC4)C3)nc(C3CC3)c2C1. The summed E-state index contributed by atoms with van der Waals surface area (Å²) in [6.45, 7) is 8.10. The van der Waals surface area contributed by atoms with Crippen LogP contribution in [0.15, 0.2) is 12.3 Å². The molecule has 7 nitrogen and oxygen atoms in total. The maximum atomic E-state index is 12.1. The Morgan fingerprint density at radius 1 is 1.22 bits per heavy atom. The molecule has 0 bridgehead atoms. The average molecular weight is 436 g/mol. The third kappa shape index (κ3) is 3.81. The summed E-state index contributed by atoms with van der Waals surface area (Å²) in [5.41, 5.74) is 12.0. The molecule has 0 aromatic carbocycles. The number of hydrogen-bond donors (Lipinski definition) is 2. The van der Waals surface area contributed by atoms with Crippen LogP contribution in [0.25, 0.3) is 0 Å². The van der Waals surface area contributed by atoms with Gasteiger partial charge in [0, 0.05) is 63.4 Å². The van der Waals surface area contributed by atoms with E-state index in [0.29, 0.717) is 37.4 Å². The van der Waals surface area contributed by atoms with Crippen molar-refractivity contribution in [3.05, 3.63) is 29.1 Å². The molecule has 5 rings (SSSR count). The Hall–Kier alpha value is -2.72. The number of aromatic nitrogens is 1. The first-order chi connectivity index (χ1) is 15.5. The van der Waals surface area contributed by atoms with Gasteiger partial charge >= 0.3 is 0 Å². The van der Waals surface area contributed by atoms with E-state index in [1.165, 1.54) is 12.8 Å². The number of aliphatic hydroxyl groups is 1. The zero-order valence-corrected chi connectivity index (χ0v) is 18.7. The molecule has 2 aliphatic heterocycles. The van der Waals surface area contributed by atoms with E-state index in [9.17, 15) is 9.90 Å². The predicted octanol–water partition coefficient (Wildman–Crippen LogP) is 1.86. The van der Waals surface area contributed by atoms with E-state index in [1.807, 2.05) is 0 Å². The van der Waals surface area contributed by atoms with Gasteiger partial charge in [-0.1, -0.05) is 6.58 Å². The zero-order valence-electron chi connectivity index (χ0n) is 18.7. The molecule has 1 saturated heterocycles. The Bertz CT molecular complexity index is 976. The van der Waals surface area contributed by atoms with Crippen molar-refractivity contribution >= 4 is 17.4 Å². The number of piperazine rings is 1. The van der Waals surface area contributed by atoms with Crippen molar-refractivity contribution in [2.45, 2.75) is 57.0 Å². The minimum Gasteiger partial charge on any atom is -0.396 e. The molecular weight excluding hydrogens is 402 g/mol. The normalized spacial score (nSPS) is 23.0. The number of pyridine rings is 1. The van der Waals surface area contributed by atoms with E-state index < -0.39 is 0 Å². The van der Waals surface area contributed by atoms with Gasteiger partial charge in [0.2, 0.25) is 0 Å². The summed E-state index contributed by atoms with van der Waals surface area (Å²) >= 11 is 0. The highest BCUT2D eigenvalue weighted by Gasteiger charge is 2.41. The van der Waals surface area contributed by atoms with Gasteiger partial charge in [0.15, 0.2) is 5.82 Å². The third-order valence-corrected chi connectivity index (χ3v) is 7.51. The van der Waals surface area contributed by atoms with Crippen molar-refractivity contribution in [1.29, 1.82) is 0 Å². The van der Waals surface area contributed by atoms with Gasteiger partial charge in [-0.2, -0.15) is 0 Å². The number of rotatable bonds is 6. The number of amides is 1. The maximum absolute atomic E-state index is 12.1. The average Bonchev–Trinajstić information content (AvgIpc) is 3.71. The predicted molar refractivity (Wildman–Crippen MR) is 125 cm³/mol. The van der Waals surface area contributed by atoms with Crippen molar-refractivity contribution in [1.82, 2.24) is 14.8 Å². The highest BCUT2D eigenvalue weighted by Crippen LogP contribution is 2.46. The number of fused-ring (bicyclic) bond motifs is 1. The van der Waals surface area contributed by atoms with Crippen LogP contribution in [-0.4, -0.2) is 64.6 Å². The van der Waals surface area contributed by atoms with E-state index in [0.717, 1.165) is 72.9 Å². The number of anilines is 2. The molecule has 1 aromatic rings. The summed E-state index contributed by atoms with van der Waals surface area (Å²) in [5, 5.41) is 9.38. The molecular formula is C25H33N5O2. The molecule has 2 saturated carbocycles. The number of nitrogen functional groups attached to an aromatic ring is 1. The third-order valence-electron chi connectivity index (χ3n) is 7.51. The van der Waals surface area contributed by atoms with Crippen LogP contribution < -0.4 is 10.6 Å². The van der Waals surface area contributed by atoms with Gasteiger partial charge in [0.05, 0.1) is 11.4 Å².